The molecule has 7 nitrogen and oxygen atoms in total. The minimum Gasteiger partial charge on any atom is -0.463 e. The van der Waals surface area contributed by atoms with Crippen LogP contribution in [0.1, 0.15) is 75.2 Å². The molecule has 1 saturated carbocycles. The van der Waals surface area contributed by atoms with Crippen molar-refractivity contribution in [3.63, 3.8) is 0 Å². The van der Waals surface area contributed by atoms with Gasteiger partial charge >= 0.3 is 0 Å². The summed E-state index contributed by atoms with van der Waals surface area (Å²) in [6.45, 7) is 5.90. The van der Waals surface area contributed by atoms with Crippen LogP contribution in [0, 0.1) is 0 Å². The van der Waals surface area contributed by atoms with Gasteiger partial charge in [-0.2, -0.15) is 0 Å². The Morgan fingerprint density at radius 1 is 1.00 bits per heavy atom. The molecule has 0 aromatic carbocycles. The zero-order valence-electron chi connectivity index (χ0n) is 20.4. The summed E-state index contributed by atoms with van der Waals surface area (Å²) in [5, 5.41) is 3.32. The van der Waals surface area contributed by atoms with Crippen LogP contribution < -0.4 is 5.32 Å². The third kappa shape index (κ3) is 4.54. The number of nitrogens with zero attached hydrogens (tertiary/aromatic N) is 3. The zero-order chi connectivity index (χ0) is 23.5. The maximum Gasteiger partial charge on any atom is 0.271 e. The number of furan rings is 1. The largest absolute Gasteiger partial charge is 0.463 e. The summed E-state index contributed by atoms with van der Waals surface area (Å²) < 4.78 is 7.62. The Labute approximate surface area is 202 Å². The fourth-order valence-electron chi connectivity index (χ4n) is 5.95. The second-order valence-electron chi connectivity index (χ2n) is 10.5. The van der Waals surface area contributed by atoms with E-state index in [1.165, 1.54) is 32.1 Å². The predicted molar refractivity (Wildman–Crippen MR) is 131 cm³/mol. The zero-order valence-corrected chi connectivity index (χ0v) is 20.4. The summed E-state index contributed by atoms with van der Waals surface area (Å²) in [7, 11) is 0. The normalized spacial score (nSPS) is 24.6. The number of hydrogen-bond donors (Lipinski definition) is 1. The number of fused-ring (bicyclic) bond motifs is 1. The summed E-state index contributed by atoms with van der Waals surface area (Å²) in [5.41, 5.74) is 0.524. The summed E-state index contributed by atoms with van der Waals surface area (Å²) in [6.07, 6.45) is 12.2. The topological polar surface area (TPSA) is 70.7 Å². The monoisotopic (exact) mass is 466 g/mol. The summed E-state index contributed by atoms with van der Waals surface area (Å²) >= 11 is 0. The van der Waals surface area contributed by atoms with Crippen molar-refractivity contribution in [3.05, 3.63) is 36.2 Å². The fourth-order valence-corrected chi connectivity index (χ4v) is 5.95. The maximum atomic E-state index is 13.8. The number of rotatable bonds is 6. The van der Waals surface area contributed by atoms with E-state index in [0.717, 1.165) is 51.0 Å². The highest BCUT2D eigenvalue weighted by Crippen LogP contribution is 2.33. The molecule has 2 amide bonds. The minimum absolute atomic E-state index is 0.0339. The smallest absolute Gasteiger partial charge is 0.271 e. The minimum atomic E-state index is -0.951. The number of carbonyl (C=O) groups is 2. The molecule has 2 aliphatic heterocycles. The molecule has 0 bridgehead atoms. The van der Waals surface area contributed by atoms with E-state index < -0.39 is 5.54 Å². The molecule has 2 aromatic heterocycles. The van der Waals surface area contributed by atoms with Gasteiger partial charge in [0.2, 0.25) is 5.91 Å². The Kier molecular flexibility index (Phi) is 6.82. The highest BCUT2D eigenvalue weighted by Gasteiger charge is 2.48. The Morgan fingerprint density at radius 3 is 2.41 bits per heavy atom. The first-order chi connectivity index (χ1) is 16.6. The molecular formula is C27H38N4O3. The van der Waals surface area contributed by atoms with E-state index in [9.17, 15) is 9.59 Å². The Hall–Kier alpha value is -2.54. The van der Waals surface area contributed by atoms with Gasteiger partial charge < -0.3 is 24.1 Å². The van der Waals surface area contributed by atoms with Crippen LogP contribution in [-0.2, 0) is 11.3 Å². The lowest BCUT2D eigenvalue weighted by Gasteiger charge is -2.45. The highest BCUT2D eigenvalue weighted by molar-refractivity contribution is 6.00. The van der Waals surface area contributed by atoms with Crippen molar-refractivity contribution in [1.82, 2.24) is 19.7 Å². The van der Waals surface area contributed by atoms with Crippen molar-refractivity contribution in [1.29, 1.82) is 0 Å². The number of carbonyl (C=O) groups excluding carboxylic acids is 2. The van der Waals surface area contributed by atoms with Gasteiger partial charge in [0.25, 0.3) is 5.91 Å². The van der Waals surface area contributed by atoms with Crippen LogP contribution in [-0.4, -0.2) is 63.9 Å². The van der Waals surface area contributed by atoms with Gasteiger partial charge in [-0.15, -0.1) is 0 Å². The van der Waals surface area contributed by atoms with E-state index in [0.29, 0.717) is 24.5 Å². The van der Waals surface area contributed by atoms with Crippen LogP contribution >= 0.6 is 0 Å². The molecule has 4 heterocycles. The van der Waals surface area contributed by atoms with Gasteiger partial charge in [-0.25, -0.2) is 0 Å². The molecule has 0 radical (unpaired) electrons. The van der Waals surface area contributed by atoms with Gasteiger partial charge in [-0.1, -0.05) is 32.1 Å². The second kappa shape index (κ2) is 9.98. The van der Waals surface area contributed by atoms with Crippen molar-refractivity contribution >= 4 is 11.8 Å². The fraction of sp³-hybridized carbons (Fsp3) is 0.630. The van der Waals surface area contributed by atoms with Gasteiger partial charge in [-0.3, -0.25) is 9.59 Å². The lowest BCUT2D eigenvalue weighted by atomic mass is 9.91. The van der Waals surface area contributed by atoms with E-state index in [1.807, 2.05) is 40.7 Å². The van der Waals surface area contributed by atoms with E-state index in [4.69, 9.17) is 4.42 Å². The molecule has 1 N–H and O–H groups in total. The Morgan fingerprint density at radius 2 is 1.71 bits per heavy atom. The first-order valence-electron chi connectivity index (χ1n) is 13.1. The van der Waals surface area contributed by atoms with Gasteiger partial charge in [0, 0.05) is 19.1 Å². The van der Waals surface area contributed by atoms with Gasteiger partial charge in [0.05, 0.1) is 18.5 Å². The van der Waals surface area contributed by atoms with Crippen molar-refractivity contribution in [2.24, 2.45) is 0 Å². The van der Waals surface area contributed by atoms with Crippen molar-refractivity contribution in [3.8, 4) is 11.5 Å². The number of hydrogen-bond acceptors (Lipinski definition) is 4. The maximum absolute atomic E-state index is 13.8. The predicted octanol–water partition coefficient (Wildman–Crippen LogP) is 4.29. The molecule has 1 aliphatic carbocycles. The van der Waals surface area contributed by atoms with Crippen molar-refractivity contribution in [2.45, 2.75) is 82.8 Å². The molecule has 184 valence electrons. The third-order valence-corrected chi connectivity index (χ3v) is 8.05. The lowest BCUT2D eigenvalue weighted by Crippen LogP contribution is -2.66. The van der Waals surface area contributed by atoms with E-state index >= 15 is 0 Å². The molecule has 34 heavy (non-hydrogen) atoms. The summed E-state index contributed by atoms with van der Waals surface area (Å²) in [6, 6.07) is 7.76. The number of likely N-dealkylation sites (tertiary alicyclic amines) is 1. The van der Waals surface area contributed by atoms with Crippen LogP contribution in [0.3, 0.4) is 0 Å². The molecule has 1 saturated heterocycles. The van der Waals surface area contributed by atoms with Gasteiger partial charge in [-0.05, 0) is 70.0 Å². The summed E-state index contributed by atoms with van der Waals surface area (Å²) in [5.74, 6) is 0.612. The number of nitrogens with one attached hydrogen (secondary N) is 1. The van der Waals surface area contributed by atoms with Crippen LogP contribution in [0.5, 0.6) is 0 Å². The van der Waals surface area contributed by atoms with Gasteiger partial charge in [0.1, 0.15) is 17.0 Å². The quantitative estimate of drug-likeness (QED) is 0.690. The molecule has 0 spiro atoms. The number of aromatic nitrogens is 1. The lowest BCUT2D eigenvalue weighted by molar-refractivity contribution is -0.134. The molecule has 2 aromatic rings. The standard InChI is InChI=1S/C27H38N4O3/c1-27(26(33)28-21-10-5-4-6-11-21)20-30-22(24-12-9-19-34-24)13-14-23(30)25(32)31(27)18-17-29-15-7-2-3-8-16-29/h9,12-14,19,21H,2-8,10-11,15-18,20H2,1H3,(H,28,33)/t27-/m0/s1. The molecule has 2 fully saturated rings. The third-order valence-electron chi connectivity index (χ3n) is 8.05. The molecule has 5 rings (SSSR count). The molecular weight excluding hydrogens is 428 g/mol. The average molecular weight is 467 g/mol. The molecule has 3 aliphatic rings. The van der Waals surface area contributed by atoms with Crippen LogP contribution in [0.2, 0.25) is 0 Å². The average Bonchev–Trinajstić information content (AvgIpc) is 3.44. The Balaban J connectivity index is 1.43. The highest BCUT2D eigenvalue weighted by atomic mass is 16.3. The summed E-state index contributed by atoms with van der Waals surface area (Å²) in [4.78, 5) is 32.0. The van der Waals surface area contributed by atoms with E-state index in [1.54, 1.807) is 6.26 Å². The molecule has 7 heteroatoms. The van der Waals surface area contributed by atoms with Crippen LogP contribution in [0.25, 0.3) is 11.5 Å². The molecule has 1 atom stereocenters. The first kappa shape index (κ1) is 23.2. The van der Waals surface area contributed by atoms with E-state index in [-0.39, 0.29) is 17.9 Å². The van der Waals surface area contributed by atoms with E-state index in [2.05, 4.69) is 10.2 Å². The number of amides is 2. The van der Waals surface area contributed by atoms with Crippen LogP contribution in [0.15, 0.2) is 34.9 Å². The molecule has 0 unspecified atom stereocenters. The van der Waals surface area contributed by atoms with Crippen LogP contribution in [0.4, 0.5) is 0 Å². The second-order valence-corrected chi connectivity index (χ2v) is 10.5. The van der Waals surface area contributed by atoms with Gasteiger partial charge in [0.15, 0.2) is 0 Å². The first-order valence-corrected chi connectivity index (χ1v) is 13.1. The van der Waals surface area contributed by atoms with Crippen molar-refractivity contribution in [2.75, 3.05) is 26.2 Å². The van der Waals surface area contributed by atoms with Crippen molar-refractivity contribution < 1.29 is 14.0 Å². The SMILES string of the molecule is C[C@@]1(C(=O)NC2CCCCC2)Cn2c(ccc2-c2ccco2)C(=O)N1CCN1CCCCCC1. The Bertz CT molecular complexity index is 984.